The van der Waals surface area contributed by atoms with Gasteiger partial charge >= 0.3 is 0 Å². The Balaban J connectivity index is 1.64. The van der Waals surface area contributed by atoms with Crippen LogP contribution in [0.25, 0.3) is 10.6 Å². The molecule has 1 amide bonds. The monoisotopic (exact) mass is 447 g/mol. The average molecular weight is 448 g/mol. The van der Waals surface area contributed by atoms with E-state index in [1.807, 2.05) is 23.6 Å². The second kappa shape index (κ2) is 9.14. The normalized spacial score (nSPS) is 11.0. The first-order valence-corrected chi connectivity index (χ1v) is 11.6. The molecule has 0 radical (unpaired) electrons. The van der Waals surface area contributed by atoms with Gasteiger partial charge in [-0.05, 0) is 42.5 Å². The van der Waals surface area contributed by atoms with E-state index >= 15 is 0 Å². The lowest BCUT2D eigenvalue weighted by molar-refractivity contribution is -0.115. The molecule has 10 heteroatoms. The first-order valence-electron chi connectivity index (χ1n) is 8.82. The van der Waals surface area contributed by atoms with Gasteiger partial charge in [-0.1, -0.05) is 0 Å². The van der Waals surface area contributed by atoms with E-state index in [2.05, 4.69) is 15.0 Å². The van der Waals surface area contributed by atoms with E-state index < -0.39 is 10.0 Å². The van der Waals surface area contributed by atoms with Crippen molar-refractivity contribution < 1.29 is 22.7 Å². The van der Waals surface area contributed by atoms with Gasteiger partial charge < -0.3 is 14.8 Å². The van der Waals surface area contributed by atoms with Crippen molar-refractivity contribution in [1.82, 2.24) is 4.98 Å². The number of anilines is 2. The van der Waals surface area contributed by atoms with Crippen molar-refractivity contribution in [2.45, 2.75) is 6.42 Å². The van der Waals surface area contributed by atoms with Crippen LogP contribution in [0.2, 0.25) is 0 Å². The molecule has 0 spiro atoms. The SMILES string of the molecule is COc1ccc(-c2nc(CC(=O)Nc3ccc(NS(C)(=O)=O)cc3)cs2)cc1OC. The highest BCUT2D eigenvalue weighted by molar-refractivity contribution is 7.92. The number of aromatic nitrogens is 1. The largest absolute Gasteiger partial charge is 0.493 e. The number of benzene rings is 2. The molecule has 0 fully saturated rings. The molecule has 3 rings (SSSR count). The van der Waals surface area contributed by atoms with Crippen molar-refractivity contribution in [3.05, 3.63) is 53.5 Å². The molecule has 0 aliphatic rings. The van der Waals surface area contributed by atoms with Gasteiger partial charge in [0.1, 0.15) is 5.01 Å². The number of carbonyl (C=O) groups excluding carboxylic acids is 1. The summed E-state index contributed by atoms with van der Waals surface area (Å²) in [6.45, 7) is 0. The zero-order chi connectivity index (χ0) is 21.7. The molecule has 1 heterocycles. The minimum absolute atomic E-state index is 0.118. The molecular formula is C20H21N3O5S2. The summed E-state index contributed by atoms with van der Waals surface area (Å²) in [5, 5.41) is 5.39. The number of nitrogens with one attached hydrogen (secondary N) is 2. The highest BCUT2D eigenvalue weighted by Crippen LogP contribution is 2.33. The number of thiazole rings is 1. The zero-order valence-electron chi connectivity index (χ0n) is 16.6. The zero-order valence-corrected chi connectivity index (χ0v) is 18.3. The lowest BCUT2D eigenvalue weighted by atomic mass is 10.2. The molecule has 0 atom stereocenters. The number of nitrogens with zero attached hydrogens (tertiary/aromatic N) is 1. The minimum atomic E-state index is -3.34. The van der Waals surface area contributed by atoms with Crippen molar-refractivity contribution >= 4 is 38.6 Å². The Labute approximate surface area is 178 Å². The molecule has 1 aromatic heterocycles. The summed E-state index contributed by atoms with van der Waals surface area (Å²) in [7, 11) is -0.193. The Hall–Kier alpha value is -3.11. The fraction of sp³-hybridized carbons (Fsp3) is 0.200. The number of amides is 1. The Bertz CT molecular complexity index is 1140. The Morgan fingerprint density at radius 2 is 1.70 bits per heavy atom. The molecule has 3 aromatic rings. The van der Waals surface area contributed by atoms with Gasteiger partial charge in [-0.25, -0.2) is 13.4 Å². The maximum Gasteiger partial charge on any atom is 0.230 e. The topological polar surface area (TPSA) is 107 Å². The Morgan fingerprint density at radius 1 is 1.03 bits per heavy atom. The van der Waals surface area contributed by atoms with Crippen LogP contribution in [0.15, 0.2) is 47.8 Å². The van der Waals surface area contributed by atoms with Crippen molar-refractivity contribution in [1.29, 1.82) is 0 Å². The first kappa shape index (κ1) is 21.6. The number of methoxy groups -OCH3 is 2. The molecule has 0 bridgehead atoms. The van der Waals surface area contributed by atoms with Crippen LogP contribution in [0, 0.1) is 0 Å². The third-order valence-electron chi connectivity index (χ3n) is 4.00. The lowest BCUT2D eigenvalue weighted by Gasteiger charge is -2.08. The van der Waals surface area contributed by atoms with Crippen molar-refractivity contribution in [2.24, 2.45) is 0 Å². The molecule has 0 unspecified atom stereocenters. The highest BCUT2D eigenvalue weighted by Gasteiger charge is 2.12. The van der Waals surface area contributed by atoms with E-state index in [-0.39, 0.29) is 12.3 Å². The van der Waals surface area contributed by atoms with E-state index in [0.29, 0.717) is 28.6 Å². The van der Waals surface area contributed by atoms with Gasteiger partial charge in [-0.2, -0.15) is 0 Å². The highest BCUT2D eigenvalue weighted by atomic mass is 32.2. The van der Waals surface area contributed by atoms with E-state index in [1.165, 1.54) is 11.3 Å². The third kappa shape index (κ3) is 5.71. The number of hydrogen-bond acceptors (Lipinski definition) is 7. The molecule has 0 aliphatic carbocycles. The Morgan fingerprint density at radius 3 is 2.33 bits per heavy atom. The smallest absolute Gasteiger partial charge is 0.230 e. The van der Waals surface area contributed by atoms with Gasteiger partial charge in [0, 0.05) is 22.3 Å². The molecule has 0 saturated carbocycles. The number of ether oxygens (including phenoxy) is 2. The molecule has 2 aromatic carbocycles. The molecule has 0 aliphatic heterocycles. The summed E-state index contributed by atoms with van der Waals surface area (Å²) in [4.78, 5) is 16.9. The molecule has 30 heavy (non-hydrogen) atoms. The predicted molar refractivity (Wildman–Crippen MR) is 118 cm³/mol. The van der Waals surface area contributed by atoms with Crippen LogP contribution in [-0.4, -0.2) is 39.8 Å². The summed E-state index contributed by atoms with van der Waals surface area (Å²) in [5.41, 5.74) is 2.51. The molecule has 158 valence electrons. The van der Waals surface area contributed by atoms with Gasteiger partial charge in [0.05, 0.1) is 32.6 Å². The first-order chi connectivity index (χ1) is 14.3. The molecule has 2 N–H and O–H groups in total. The average Bonchev–Trinajstić information content (AvgIpc) is 3.16. The van der Waals surface area contributed by atoms with Gasteiger partial charge in [0.25, 0.3) is 0 Å². The molecule has 8 nitrogen and oxygen atoms in total. The van der Waals surface area contributed by atoms with Gasteiger partial charge in [0.15, 0.2) is 11.5 Å². The van der Waals surface area contributed by atoms with Crippen LogP contribution in [0.5, 0.6) is 11.5 Å². The summed E-state index contributed by atoms with van der Waals surface area (Å²) in [6.07, 6.45) is 1.19. The van der Waals surface area contributed by atoms with E-state index in [1.54, 1.807) is 38.5 Å². The fourth-order valence-electron chi connectivity index (χ4n) is 2.70. The summed E-state index contributed by atoms with van der Waals surface area (Å²) >= 11 is 1.44. The Kier molecular flexibility index (Phi) is 6.58. The van der Waals surface area contributed by atoms with Crippen molar-refractivity contribution in [2.75, 3.05) is 30.5 Å². The van der Waals surface area contributed by atoms with Crippen LogP contribution >= 0.6 is 11.3 Å². The maximum atomic E-state index is 12.3. The number of sulfonamides is 1. The van der Waals surface area contributed by atoms with Crippen LogP contribution in [0.4, 0.5) is 11.4 Å². The predicted octanol–water partition coefficient (Wildman–Crippen LogP) is 3.38. The quantitative estimate of drug-likeness (QED) is 0.548. The number of hydrogen-bond donors (Lipinski definition) is 2. The lowest BCUT2D eigenvalue weighted by Crippen LogP contribution is -2.14. The fourth-order valence-corrected chi connectivity index (χ4v) is 4.08. The van der Waals surface area contributed by atoms with E-state index in [0.717, 1.165) is 16.8 Å². The van der Waals surface area contributed by atoms with Crippen LogP contribution in [0.1, 0.15) is 5.69 Å². The molecular weight excluding hydrogens is 426 g/mol. The maximum absolute atomic E-state index is 12.3. The summed E-state index contributed by atoms with van der Waals surface area (Å²) in [6, 6.07) is 11.9. The molecule has 0 saturated heterocycles. The van der Waals surface area contributed by atoms with Crippen molar-refractivity contribution in [3.8, 4) is 22.1 Å². The van der Waals surface area contributed by atoms with Crippen molar-refractivity contribution in [3.63, 3.8) is 0 Å². The van der Waals surface area contributed by atoms with Gasteiger partial charge in [-0.3, -0.25) is 9.52 Å². The minimum Gasteiger partial charge on any atom is -0.493 e. The van der Waals surface area contributed by atoms with Crippen LogP contribution in [-0.2, 0) is 21.2 Å². The van der Waals surface area contributed by atoms with E-state index in [4.69, 9.17) is 9.47 Å². The standard InChI is InChI=1S/C20H21N3O5S2/c1-27-17-9-4-13(10-18(17)28-2)20-22-16(12-29-20)11-19(24)21-14-5-7-15(8-6-14)23-30(3,25)26/h4-10,12,23H,11H2,1-3H3,(H,21,24). The third-order valence-corrected chi connectivity index (χ3v) is 5.54. The van der Waals surface area contributed by atoms with Gasteiger partial charge in [0.2, 0.25) is 15.9 Å². The second-order valence-electron chi connectivity index (χ2n) is 6.39. The van der Waals surface area contributed by atoms with E-state index in [9.17, 15) is 13.2 Å². The van der Waals surface area contributed by atoms with Gasteiger partial charge in [-0.15, -0.1) is 11.3 Å². The summed E-state index contributed by atoms with van der Waals surface area (Å²) < 4.78 is 35.4. The summed E-state index contributed by atoms with van der Waals surface area (Å²) in [5.74, 6) is 1.02. The number of carbonyl (C=O) groups is 1. The second-order valence-corrected chi connectivity index (χ2v) is 9.00. The van der Waals surface area contributed by atoms with Crippen LogP contribution in [0.3, 0.4) is 0 Å². The number of rotatable bonds is 8. The van der Waals surface area contributed by atoms with Crippen LogP contribution < -0.4 is 19.5 Å².